The average molecular weight is 267 g/mol. The monoisotopic (exact) mass is 267 g/mol. The Hall–Kier alpha value is -1.36. The van der Waals surface area contributed by atoms with Crippen LogP contribution >= 0.6 is 0 Å². The Morgan fingerprint density at radius 2 is 1.42 bits per heavy atom. The summed E-state index contributed by atoms with van der Waals surface area (Å²) in [5.41, 5.74) is 0.381. The van der Waals surface area contributed by atoms with Gasteiger partial charge in [-0.25, -0.2) is 0 Å². The summed E-state index contributed by atoms with van der Waals surface area (Å²) < 4.78 is 0. The van der Waals surface area contributed by atoms with Gasteiger partial charge in [-0.2, -0.15) is 0 Å². The van der Waals surface area contributed by atoms with Gasteiger partial charge in [0.15, 0.2) is 0 Å². The minimum absolute atomic E-state index is 0.295. The van der Waals surface area contributed by atoms with E-state index in [1.165, 1.54) is 0 Å². The first-order valence-corrected chi connectivity index (χ1v) is 6.82. The molecule has 0 fully saturated rings. The molecule has 0 aliphatic carbocycles. The van der Waals surface area contributed by atoms with E-state index < -0.39 is 10.9 Å². The minimum atomic E-state index is -0.408. The smallest absolute Gasteiger partial charge is 0.253 e. The second-order valence-electron chi connectivity index (χ2n) is 6.03. The van der Waals surface area contributed by atoms with Crippen LogP contribution in [0.25, 0.3) is 0 Å². The van der Waals surface area contributed by atoms with Crippen molar-refractivity contribution in [3.05, 3.63) is 20.4 Å². The molecule has 108 valence electrons. The van der Waals surface area contributed by atoms with Gasteiger partial charge in [-0.1, -0.05) is 20.8 Å². The van der Waals surface area contributed by atoms with Crippen molar-refractivity contribution in [3.8, 4) is 0 Å². The summed E-state index contributed by atoms with van der Waals surface area (Å²) in [5, 5.41) is 9.05. The van der Waals surface area contributed by atoms with E-state index in [0.717, 1.165) is 25.9 Å². The van der Waals surface area contributed by atoms with Crippen molar-refractivity contribution in [2.24, 2.45) is 5.41 Å². The van der Waals surface area contributed by atoms with E-state index in [0.29, 0.717) is 23.3 Å². The van der Waals surface area contributed by atoms with E-state index in [4.69, 9.17) is 0 Å². The highest BCUT2D eigenvalue weighted by atomic mass is 16.2. The van der Waals surface area contributed by atoms with Crippen LogP contribution in [0.4, 0.5) is 11.4 Å². The van der Waals surface area contributed by atoms with Gasteiger partial charge in [0.2, 0.25) is 0 Å². The van der Waals surface area contributed by atoms with Crippen LogP contribution in [0.15, 0.2) is 9.59 Å². The molecule has 0 atom stereocenters. The van der Waals surface area contributed by atoms with Gasteiger partial charge in [0, 0.05) is 19.6 Å². The molecule has 1 rings (SSSR count). The summed E-state index contributed by atoms with van der Waals surface area (Å²) >= 11 is 0. The quantitative estimate of drug-likeness (QED) is 0.487. The summed E-state index contributed by atoms with van der Waals surface area (Å²) in [4.78, 5) is 22.9. The number of hydrogen-bond donors (Lipinski definition) is 3. The molecular weight excluding hydrogens is 242 g/mol. The molecule has 0 radical (unpaired) electrons. The van der Waals surface area contributed by atoms with Crippen LogP contribution in [0, 0.1) is 5.41 Å². The minimum Gasteiger partial charge on any atom is -0.380 e. The number of rotatable bonds is 8. The zero-order chi connectivity index (χ0) is 14.5. The first-order valence-electron chi connectivity index (χ1n) is 6.82. The number of likely N-dealkylation sites (N-methyl/N-ethyl adjacent to an activating group) is 1. The summed E-state index contributed by atoms with van der Waals surface area (Å²) in [6.45, 7) is 8.68. The lowest BCUT2D eigenvalue weighted by Crippen LogP contribution is -2.38. The summed E-state index contributed by atoms with van der Waals surface area (Å²) in [6.07, 6.45) is 2.07. The lowest BCUT2D eigenvalue weighted by Gasteiger charge is -2.19. The van der Waals surface area contributed by atoms with Crippen molar-refractivity contribution < 1.29 is 0 Å². The van der Waals surface area contributed by atoms with Crippen LogP contribution < -0.4 is 26.8 Å². The van der Waals surface area contributed by atoms with Crippen molar-refractivity contribution >= 4 is 11.4 Å². The third kappa shape index (κ3) is 4.67. The molecule has 3 N–H and O–H groups in total. The summed E-state index contributed by atoms with van der Waals surface area (Å²) in [7, 11) is 1.84. The van der Waals surface area contributed by atoms with Crippen LogP contribution in [0.2, 0.25) is 0 Å². The molecule has 0 unspecified atom stereocenters. The van der Waals surface area contributed by atoms with E-state index in [1.54, 1.807) is 0 Å². The van der Waals surface area contributed by atoms with Crippen LogP contribution in [0.5, 0.6) is 0 Å². The third-order valence-corrected chi connectivity index (χ3v) is 2.99. The number of anilines is 2. The molecule has 0 amide bonds. The van der Waals surface area contributed by atoms with Crippen molar-refractivity contribution in [1.82, 2.24) is 5.32 Å². The van der Waals surface area contributed by atoms with Gasteiger partial charge in [-0.15, -0.1) is 0 Å². The molecule has 5 heteroatoms. The molecule has 5 nitrogen and oxygen atoms in total. The standard InChI is InChI=1S/C14H25N3O2/c1-14(2,3)6-5-7-16-10-11(13(19)12(10)18)17-9-8-15-4/h15-17H,5-9H2,1-4H3. The van der Waals surface area contributed by atoms with Crippen LogP contribution in [-0.2, 0) is 0 Å². The van der Waals surface area contributed by atoms with Crippen LogP contribution in [0.1, 0.15) is 33.6 Å². The second kappa shape index (κ2) is 6.70. The van der Waals surface area contributed by atoms with Gasteiger partial charge < -0.3 is 16.0 Å². The van der Waals surface area contributed by atoms with Gasteiger partial charge in [0.1, 0.15) is 11.4 Å². The van der Waals surface area contributed by atoms with Gasteiger partial charge in [0.25, 0.3) is 10.9 Å². The Balaban J connectivity index is 2.43. The molecule has 0 saturated heterocycles. The number of hydrogen-bond acceptors (Lipinski definition) is 5. The van der Waals surface area contributed by atoms with Crippen LogP contribution in [0.3, 0.4) is 0 Å². The molecule has 0 saturated carbocycles. The van der Waals surface area contributed by atoms with Gasteiger partial charge in [-0.05, 0) is 25.3 Å². The maximum Gasteiger partial charge on any atom is 0.253 e. The molecule has 1 aromatic carbocycles. The fourth-order valence-electron chi connectivity index (χ4n) is 1.87. The Bertz CT molecular complexity index is 468. The third-order valence-electron chi connectivity index (χ3n) is 2.99. The second-order valence-corrected chi connectivity index (χ2v) is 6.03. The van der Waals surface area contributed by atoms with Gasteiger partial charge in [0.05, 0.1) is 0 Å². The Labute approximate surface area is 114 Å². The topological polar surface area (TPSA) is 70.2 Å². The molecule has 19 heavy (non-hydrogen) atoms. The molecule has 0 aliphatic rings. The molecule has 0 spiro atoms. The zero-order valence-corrected chi connectivity index (χ0v) is 12.4. The van der Waals surface area contributed by atoms with Crippen molar-refractivity contribution in [2.45, 2.75) is 33.6 Å². The first-order chi connectivity index (χ1) is 8.87. The molecule has 0 heterocycles. The normalized spacial score (nSPS) is 11.8. The predicted octanol–water partition coefficient (Wildman–Crippen LogP) is 1.15. The van der Waals surface area contributed by atoms with E-state index in [-0.39, 0.29) is 0 Å². The Kier molecular flexibility index (Phi) is 5.54. The number of nitrogens with one attached hydrogen (secondary N) is 3. The fraction of sp³-hybridized carbons (Fsp3) is 0.714. The highest BCUT2D eigenvalue weighted by molar-refractivity contribution is 5.73. The summed E-state index contributed by atoms with van der Waals surface area (Å²) in [6, 6.07) is 0. The maximum atomic E-state index is 11.5. The first kappa shape index (κ1) is 15.7. The molecular formula is C14H25N3O2. The maximum absolute atomic E-state index is 11.5. The molecule has 1 aromatic rings. The molecule has 0 aliphatic heterocycles. The zero-order valence-electron chi connectivity index (χ0n) is 12.4. The lowest BCUT2D eigenvalue weighted by atomic mass is 9.90. The van der Waals surface area contributed by atoms with Crippen molar-refractivity contribution in [2.75, 3.05) is 37.3 Å². The van der Waals surface area contributed by atoms with Gasteiger partial charge in [-0.3, -0.25) is 9.59 Å². The SMILES string of the molecule is CNCCNc1c(NCCCC(C)(C)C)c(=O)c1=O. The highest BCUT2D eigenvalue weighted by Crippen LogP contribution is 2.21. The molecule has 0 bridgehead atoms. The average Bonchev–Trinajstić information content (AvgIpc) is 2.34. The molecule has 0 aromatic heterocycles. The van der Waals surface area contributed by atoms with Gasteiger partial charge >= 0.3 is 0 Å². The van der Waals surface area contributed by atoms with Crippen LogP contribution in [-0.4, -0.2) is 26.7 Å². The van der Waals surface area contributed by atoms with Crippen molar-refractivity contribution in [3.63, 3.8) is 0 Å². The Morgan fingerprint density at radius 3 is 1.89 bits per heavy atom. The van der Waals surface area contributed by atoms with E-state index in [2.05, 4.69) is 36.7 Å². The summed E-state index contributed by atoms with van der Waals surface area (Å²) in [5.74, 6) is 0. The predicted molar refractivity (Wildman–Crippen MR) is 80.9 cm³/mol. The van der Waals surface area contributed by atoms with E-state index >= 15 is 0 Å². The van der Waals surface area contributed by atoms with Crippen molar-refractivity contribution in [1.29, 1.82) is 0 Å². The lowest BCUT2D eigenvalue weighted by molar-refractivity contribution is 0.370. The fourth-order valence-corrected chi connectivity index (χ4v) is 1.87. The van der Waals surface area contributed by atoms with E-state index in [9.17, 15) is 9.59 Å². The largest absolute Gasteiger partial charge is 0.380 e. The van der Waals surface area contributed by atoms with E-state index in [1.807, 2.05) is 7.05 Å². The Morgan fingerprint density at radius 1 is 0.895 bits per heavy atom. The highest BCUT2D eigenvalue weighted by Gasteiger charge is 2.20.